The Balaban J connectivity index is 1.57. The normalized spacial score (nSPS) is 21.1. The number of ether oxygens (including phenoxy) is 1. The van der Waals surface area contributed by atoms with Gasteiger partial charge in [0.2, 0.25) is 0 Å². The molecular formula is C25H21ClN2O5S. The lowest BCUT2D eigenvalue weighted by molar-refractivity contribution is -0.142. The topological polar surface area (TPSA) is 105 Å². The van der Waals surface area contributed by atoms with Gasteiger partial charge in [-0.2, -0.15) is 5.26 Å². The van der Waals surface area contributed by atoms with Crippen LogP contribution in [0.1, 0.15) is 24.5 Å². The Morgan fingerprint density at radius 1 is 1.12 bits per heavy atom. The molecule has 0 saturated carbocycles. The molecule has 2 aromatic carbocycles. The Labute approximate surface area is 202 Å². The number of amides is 2. The molecule has 1 atom stereocenters. The Morgan fingerprint density at radius 2 is 1.79 bits per heavy atom. The van der Waals surface area contributed by atoms with Crippen molar-refractivity contribution in [3.05, 3.63) is 81.4 Å². The summed E-state index contributed by atoms with van der Waals surface area (Å²) in [5, 5.41) is 10.2. The van der Waals surface area contributed by atoms with Crippen molar-refractivity contribution < 1.29 is 22.7 Å². The number of nitrogens with zero attached hydrogens (tertiary/aromatic N) is 2. The van der Waals surface area contributed by atoms with Gasteiger partial charge in [0.25, 0.3) is 11.8 Å². The van der Waals surface area contributed by atoms with Crippen molar-refractivity contribution in [3.8, 4) is 11.8 Å². The minimum atomic E-state index is -3.32. The predicted octanol–water partition coefficient (Wildman–Crippen LogP) is 3.70. The monoisotopic (exact) mass is 496 g/mol. The third kappa shape index (κ3) is 4.91. The lowest BCUT2D eigenvalue weighted by Crippen LogP contribution is -2.49. The van der Waals surface area contributed by atoms with E-state index in [0.717, 1.165) is 10.5 Å². The van der Waals surface area contributed by atoms with E-state index in [9.17, 15) is 23.3 Å². The van der Waals surface area contributed by atoms with Crippen LogP contribution in [0, 0.1) is 11.3 Å². The maximum absolute atomic E-state index is 13.2. The van der Waals surface area contributed by atoms with Gasteiger partial charge in [0.15, 0.2) is 9.84 Å². The summed E-state index contributed by atoms with van der Waals surface area (Å²) in [6, 6.07) is 15.5. The first-order valence-electron chi connectivity index (χ1n) is 10.6. The molecule has 34 heavy (non-hydrogen) atoms. The average Bonchev–Trinajstić information content (AvgIpc) is 3.16. The smallest absolute Gasteiger partial charge is 0.271 e. The highest BCUT2D eigenvalue weighted by atomic mass is 35.5. The molecular weight excluding hydrogens is 476 g/mol. The molecule has 4 rings (SSSR count). The van der Waals surface area contributed by atoms with Gasteiger partial charge >= 0.3 is 0 Å². The minimum Gasteiger partial charge on any atom is -0.489 e. The number of nitriles is 1. The van der Waals surface area contributed by atoms with Crippen molar-refractivity contribution in [3.63, 3.8) is 0 Å². The zero-order chi connectivity index (χ0) is 24.5. The molecule has 1 saturated heterocycles. The molecule has 0 unspecified atom stereocenters. The molecule has 0 spiro atoms. The first-order chi connectivity index (χ1) is 16.2. The lowest BCUT2D eigenvalue weighted by atomic mass is 9.92. The molecule has 0 aliphatic carbocycles. The van der Waals surface area contributed by atoms with Crippen LogP contribution in [0.3, 0.4) is 0 Å². The number of halogens is 1. The van der Waals surface area contributed by atoms with Crippen LogP contribution >= 0.6 is 11.6 Å². The quantitative estimate of drug-likeness (QED) is 0.461. The summed E-state index contributed by atoms with van der Waals surface area (Å²) in [6.45, 7) is 1.91. The second-order valence-electron chi connectivity index (χ2n) is 8.19. The van der Waals surface area contributed by atoms with Crippen LogP contribution < -0.4 is 4.74 Å². The van der Waals surface area contributed by atoms with Crippen molar-refractivity contribution in [1.82, 2.24) is 4.90 Å². The summed E-state index contributed by atoms with van der Waals surface area (Å²) >= 11 is 5.89. The number of hydrogen-bond donors (Lipinski definition) is 0. The van der Waals surface area contributed by atoms with Crippen molar-refractivity contribution in [1.29, 1.82) is 5.26 Å². The third-order valence-corrected chi connectivity index (χ3v) is 7.86. The lowest BCUT2D eigenvalue weighted by Gasteiger charge is -2.31. The van der Waals surface area contributed by atoms with Gasteiger partial charge < -0.3 is 4.74 Å². The second-order valence-corrected chi connectivity index (χ2v) is 10.9. The maximum atomic E-state index is 13.2. The summed E-state index contributed by atoms with van der Waals surface area (Å²) in [4.78, 5) is 27.0. The molecule has 2 aliphatic heterocycles. The van der Waals surface area contributed by atoms with E-state index in [0.29, 0.717) is 22.9 Å². The van der Waals surface area contributed by atoms with Gasteiger partial charge in [-0.15, -0.1) is 0 Å². The number of carbonyl (C=O) groups is 2. The van der Waals surface area contributed by atoms with Crippen LogP contribution in [0.5, 0.6) is 5.75 Å². The van der Waals surface area contributed by atoms with Crippen LogP contribution in [-0.2, 0) is 26.0 Å². The fourth-order valence-corrected chi connectivity index (χ4v) is 5.81. The van der Waals surface area contributed by atoms with Gasteiger partial charge in [-0.1, -0.05) is 35.9 Å². The van der Waals surface area contributed by atoms with Gasteiger partial charge in [-0.3, -0.25) is 14.5 Å². The van der Waals surface area contributed by atoms with E-state index in [1.807, 2.05) is 18.2 Å². The molecule has 2 aliphatic rings. The van der Waals surface area contributed by atoms with Gasteiger partial charge in [-0.25, -0.2) is 8.42 Å². The molecule has 2 amide bonds. The molecule has 2 aromatic rings. The van der Waals surface area contributed by atoms with Crippen molar-refractivity contribution in [2.45, 2.75) is 26.0 Å². The van der Waals surface area contributed by atoms with E-state index in [2.05, 4.69) is 0 Å². The Bertz CT molecular complexity index is 1350. The predicted molar refractivity (Wildman–Crippen MR) is 127 cm³/mol. The van der Waals surface area contributed by atoms with Gasteiger partial charge in [0.1, 0.15) is 24.0 Å². The summed E-state index contributed by atoms with van der Waals surface area (Å²) in [5.74, 6) is -1.07. The zero-order valence-corrected chi connectivity index (χ0v) is 19.9. The zero-order valence-electron chi connectivity index (χ0n) is 18.3. The van der Waals surface area contributed by atoms with Crippen LogP contribution in [0.2, 0.25) is 5.02 Å². The largest absolute Gasteiger partial charge is 0.489 e. The summed E-state index contributed by atoms with van der Waals surface area (Å²) < 4.78 is 29.6. The van der Waals surface area contributed by atoms with E-state index in [-0.39, 0.29) is 34.6 Å². The summed E-state index contributed by atoms with van der Waals surface area (Å²) in [7, 11) is -3.32. The molecule has 0 radical (unpaired) electrons. The van der Waals surface area contributed by atoms with Gasteiger partial charge in [0.05, 0.1) is 17.5 Å². The van der Waals surface area contributed by atoms with Crippen LogP contribution in [0.25, 0.3) is 6.08 Å². The fraction of sp³-hybridized carbons (Fsp3) is 0.240. The molecule has 174 valence electrons. The molecule has 7 nitrogen and oxygen atoms in total. The summed E-state index contributed by atoms with van der Waals surface area (Å²) in [5.41, 5.74) is 1.95. The number of hydrogen-bond acceptors (Lipinski definition) is 6. The maximum Gasteiger partial charge on any atom is 0.271 e. The Kier molecular flexibility index (Phi) is 6.60. The number of sulfone groups is 1. The van der Waals surface area contributed by atoms with E-state index in [4.69, 9.17) is 16.3 Å². The SMILES string of the molecule is CC1=C(C#N)C(=O)N([C@H]2CCS(=O)(=O)C2)C(=O)/C1=C/c1ccc(OCc2ccc(Cl)cc2)cc1. The second kappa shape index (κ2) is 9.45. The molecule has 1 fully saturated rings. The Morgan fingerprint density at radius 3 is 2.38 bits per heavy atom. The van der Waals surface area contributed by atoms with Crippen LogP contribution in [0.15, 0.2) is 65.3 Å². The number of benzene rings is 2. The molecule has 9 heteroatoms. The number of carbonyl (C=O) groups excluding carboxylic acids is 2. The van der Waals surface area contributed by atoms with Gasteiger partial charge in [-0.05, 0) is 60.4 Å². The van der Waals surface area contributed by atoms with Crippen molar-refractivity contribution >= 4 is 39.3 Å². The van der Waals surface area contributed by atoms with E-state index in [1.54, 1.807) is 49.4 Å². The highest BCUT2D eigenvalue weighted by Crippen LogP contribution is 2.31. The van der Waals surface area contributed by atoms with Crippen LogP contribution in [0.4, 0.5) is 0 Å². The minimum absolute atomic E-state index is 0.0875. The van der Waals surface area contributed by atoms with Gasteiger partial charge in [0, 0.05) is 10.6 Å². The molecule has 0 aromatic heterocycles. The Hall–Kier alpha value is -3.41. The molecule has 2 heterocycles. The highest BCUT2D eigenvalue weighted by Gasteiger charge is 2.43. The standard InChI is InChI=1S/C25H21ClN2O5S/c1-16-22(24(29)28(25(30)23(16)13-27)20-10-11-34(31,32)15-20)12-17-4-8-21(9-5-17)33-14-18-2-6-19(26)7-3-18/h2-9,12,20H,10-11,14-15H2,1H3/b22-12+/t20-/m0/s1. The van der Waals surface area contributed by atoms with E-state index >= 15 is 0 Å². The fourth-order valence-electron chi connectivity index (χ4n) is 3.98. The third-order valence-electron chi connectivity index (χ3n) is 5.86. The highest BCUT2D eigenvalue weighted by molar-refractivity contribution is 7.91. The number of imide groups is 1. The van der Waals surface area contributed by atoms with E-state index < -0.39 is 27.7 Å². The summed E-state index contributed by atoms with van der Waals surface area (Å²) in [6.07, 6.45) is 1.77. The van der Waals surface area contributed by atoms with Crippen molar-refractivity contribution in [2.24, 2.45) is 0 Å². The van der Waals surface area contributed by atoms with Crippen molar-refractivity contribution in [2.75, 3.05) is 11.5 Å². The molecule has 0 N–H and O–H groups in total. The van der Waals surface area contributed by atoms with Crippen LogP contribution in [-0.4, -0.2) is 42.7 Å². The average molecular weight is 497 g/mol. The van der Waals surface area contributed by atoms with E-state index in [1.165, 1.54) is 0 Å². The first kappa shape index (κ1) is 23.7. The first-order valence-corrected chi connectivity index (χ1v) is 12.8. The number of rotatable bonds is 5. The molecule has 0 bridgehead atoms.